The normalized spacial score (nSPS) is 11.3. The Kier molecular flexibility index (Phi) is 1.94. The number of halogens is 1. The summed E-state index contributed by atoms with van der Waals surface area (Å²) in [5.74, 6) is 0. The van der Waals surface area contributed by atoms with E-state index in [-0.39, 0.29) is 0 Å². The lowest BCUT2D eigenvalue weighted by Crippen LogP contribution is -1.72. The van der Waals surface area contributed by atoms with E-state index in [4.69, 9.17) is 11.6 Å². The zero-order chi connectivity index (χ0) is 10.4. The van der Waals surface area contributed by atoms with Gasteiger partial charge in [0.25, 0.3) is 0 Å². The third-order valence-electron chi connectivity index (χ3n) is 2.57. The Morgan fingerprint density at radius 2 is 1.93 bits per heavy atom. The Balaban J connectivity index is 2.63. The number of aryl methyl sites for hydroxylation is 1. The van der Waals surface area contributed by atoms with Crippen LogP contribution in [0.4, 0.5) is 0 Å². The second-order valence-corrected chi connectivity index (χ2v) is 4.91. The zero-order valence-corrected chi connectivity index (χ0v) is 9.69. The quantitative estimate of drug-likeness (QED) is 0.524. The molecule has 0 radical (unpaired) electrons. The van der Waals surface area contributed by atoms with Crippen LogP contribution in [0.2, 0.25) is 5.15 Å². The van der Waals surface area contributed by atoms with Crippen molar-refractivity contribution in [2.24, 2.45) is 0 Å². The molecule has 74 valence electrons. The van der Waals surface area contributed by atoms with Crippen LogP contribution in [0.3, 0.4) is 0 Å². The molecule has 0 saturated heterocycles. The van der Waals surface area contributed by atoms with Crippen LogP contribution in [0.1, 0.15) is 5.56 Å². The van der Waals surface area contributed by atoms with Gasteiger partial charge in [0.15, 0.2) is 0 Å². The summed E-state index contributed by atoms with van der Waals surface area (Å²) in [4.78, 5) is 4.11. The summed E-state index contributed by atoms with van der Waals surface area (Å²) in [6.45, 7) is 2.12. The van der Waals surface area contributed by atoms with Gasteiger partial charge in [-0.2, -0.15) is 0 Å². The number of rotatable bonds is 0. The lowest BCUT2D eigenvalue weighted by molar-refractivity contribution is 1.37. The topological polar surface area (TPSA) is 12.9 Å². The Morgan fingerprint density at radius 3 is 2.80 bits per heavy atom. The van der Waals surface area contributed by atoms with Crippen molar-refractivity contribution >= 4 is 43.1 Å². The lowest BCUT2D eigenvalue weighted by Gasteiger charge is -1.93. The van der Waals surface area contributed by atoms with E-state index in [1.54, 1.807) is 17.5 Å². The Hall–Kier alpha value is -1.12. The molecule has 2 heterocycles. The van der Waals surface area contributed by atoms with Crippen molar-refractivity contribution in [1.29, 1.82) is 0 Å². The fraction of sp³-hybridized carbons (Fsp3) is 0.0833. The van der Waals surface area contributed by atoms with Crippen molar-refractivity contribution < 1.29 is 0 Å². The minimum absolute atomic E-state index is 0.605. The Labute approximate surface area is 96.3 Å². The number of benzene rings is 1. The molecule has 0 aliphatic rings. The number of nitrogens with zero attached hydrogens (tertiary/aromatic N) is 1. The van der Waals surface area contributed by atoms with Gasteiger partial charge in [-0.05, 0) is 18.6 Å². The van der Waals surface area contributed by atoms with Crippen molar-refractivity contribution in [3.8, 4) is 0 Å². The van der Waals surface area contributed by atoms with E-state index < -0.39 is 0 Å². The van der Waals surface area contributed by atoms with Crippen LogP contribution in [0, 0.1) is 6.92 Å². The molecule has 0 N–H and O–H groups in total. The molecule has 3 rings (SSSR count). The van der Waals surface area contributed by atoms with E-state index in [9.17, 15) is 0 Å². The van der Waals surface area contributed by atoms with Crippen LogP contribution in [0.25, 0.3) is 20.2 Å². The molecule has 0 bridgehead atoms. The first-order valence-corrected chi connectivity index (χ1v) is 5.89. The number of fused-ring (bicyclic) bond motifs is 3. The monoisotopic (exact) mass is 233 g/mol. The predicted octanol–water partition coefficient (Wildman–Crippen LogP) is 4.41. The molecule has 0 unspecified atom stereocenters. The highest BCUT2D eigenvalue weighted by molar-refractivity contribution is 7.26. The van der Waals surface area contributed by atoms with Gasteiger partial charge in [0.2, 0.25) is 0 Å². The molecule has 3 heteroatoms. The summed E-state index contributed by atoms with van der Waals surface area (Å²) < 4.78 is 2.39. The smallest absolute Gasteiger partial charge is 0.146 e. The second kappa shape index (κ2) is 3.19. The average molecular weight is 234 g/mol. The number of hydrogen-bond acceptors (Lipinski definition) is 2. The SMILES string of the molecule is Cc1cccc2c1sc1c(Cl)nccc12. The lowest BCUT2D eigenvalue weighted by atomic mass is 10.1. The fourth-order valence-corrected chi connectivity index (χ4v) is 3.25. The minimum Gasteiger partial charge on any atom is -0.243 e. The van der Waals surface area contributed by atoms with Gasteiger partial charge >= 0.3 is 0 Å². The summed E-state index contributed by atoms with van der Waals surface area (Å²) in [5, 5.41) is 3.09. The molecule has 0 fully saturated rings. The zero-order valence-electron chi connectivity index (χ0n) is 8.12. The summed E-state index contributed by atoms with van der Waals surface area (Å²) in [6, 6.07) is 8.37. The maximum atomic E-state index is 6.08. The first-order chi connectivity index (χ1) is 7.27. The van der Waals surface area contributed by atoms with Crippen molar-refractivity contribution in [1.82, 2.24) is 4.98 Å². The van der Waals surface area contributed by atoms with E-state index >= 15 is 0 Å². The molecule has 2 aromatic heterocycles. The molecule has 0 amide bonds. The van der Waals surface area contributed by atoms with Gasteiger partial charge < -0.3 is 0 Å². The van der Waals surface area contributed by atoms with Crippen molar-refractivity contribution in [3.05, 3.63) is 41.2 Å². The van der Waals surface area contributed by atoms with E-state index in [1.165, 1.54) is 21.0 Å². The van der Waals surface area contributed by atoms with Gasteiger partial charge in [0.1, 0.15) is 5.15 Å². The molecule has 15 heavy (non-hydrogen) atoms. The summed E-state index contributed by atoms with van der Waals surface area (Å²) >= 11 is 7.80. The number of pyridine rings is 1. The Morgan fingerprint density at radius 1 is 1.13 bits per heavy atom. The summed E-state index contributed by atoms with van der Waals surface area (Å²) in [5.41, 5.74) is 1.30. The average Bonchev–Trinajstić information content (AvgIpc) is 2.60. The molecule has 0 atom stereocenters. The van der Waals surface area contributed by atoms with Crippen LogP contribution in [-0.2, 0) is 0 Å². The Bertz CT molecular complexity index is 601. The molecule has 1 nitrogen and oxygen atoms in total. The van der Waals surface area contributed by atoms with Crippen molar-refractivity contribution in [3.63, 3.8) is 0 Å². The summed E-state index contributed by atoms with van der Waals surface area (Å²) in [7, 11) is 0. The predicted molar refractivity (Wildman–Crippen MR) is 66.9 cm³/mol. The highest BCUT2D eigenvalue weighted by atomic mass is 35.5. The highest BCUT2D eigenvalue weighted by Crippen LogP contribution is 2.37. The largest absolute Gasteiger partial charge is 0.243 e. The number of aromatic nitrogens is 1. The standard InChI is InChI=1S/C12H8ClNS/c1-7-3-2-4-8-9-5-6-14-12(13)11(9)15-10(7)8/h2-6H,1H3. The molecular weight excluding hydrogens is 226 g/mol. The first kappa shape index (κ1) is 9.13. The molecule has 3 aromatic rings. The van der Waals surface area contributed by atoms with Crippen LogP contribution >= 0.6 is 22.9 Å². The maximum absolute atomic E-state index is 6.08. The first-order valence-electron chi connectivity index (χ1n) is 4.70. The molecular formula is C12H8ClNS. The summed E-state index contributed by atoms with van der Waals surface area (Å²) in [6.07, 6.45) is 1.76. The third kappa shape index (κ3) is 1.25. The van der Waals surface area contributed by atoms with Crippen LogP contribution in [-0.4, -0.2) is 4.98 Å². The van der Waals surface area contributed by atoms with Gasteiger partial charge in [0.05, 0.1) is 4.70 Å². The molecule has 0 saturated carbocycles. The molecule has 0 spiro atoms. The van der Waals surface area contributed by atoms with Crippen molar-refractivity contribution in [2.45, 2.75) is 6.92 Å². The molecule has 0 aliphatic heterocycles. The van der Waals surface area contributed by atoms with Gasteiger partial charge in [-0.1, -0.05) is 29.8 Å². The number of thiophene rings is 1. The molecule has 0 aliphatic carbocycles. The van der Waals surface area contributed by atoms with E-state index in [0.717, 1.165) is 4.70 Å². The second-order valence-electron chi connectivity index (χ2n) is 3.53. The van der Waals surface area contributed by atoms with Gasteiger partial charge in [-0.3, -0.25) is 0 Å². The highest BCUT2D eigenvalue weighted by Gasteiger charge is 2.09. The van der Waals surface area contributed by atoms with Crippen LogP contribution in [0.5, 0.6) is 0 Å². The third-order valence-corrected chi connectivity index (χ3v) is 4.33. The maximum Gasteiger partial charge on any atom is 0.146 e. The van der Waals surface area contributed by atoms with Gasteiger partial charge in [-0.15, -0.1) is 11.3 Å². The van der Waals surface area contributed by atoms with E-state index in [2.05, 4.69) is 30.1 Å². The van der Waals surface area contributed by atoms with E-state index in [1.807, 2.05) is 6.07 Å². The fourth-order valence-electron chi connectivity index (χ4n) is 1.83. The minimum atomic E-state index is 0.605. The van der Waals surface area contributed by atoms with Crippen LogP contribution in [0.15, 0.2) is 30.5 Å². The molecule has 1 aromatic carbocycles. The van der Waals surface area contributed by atoms with Gasteiger partial charge in [0, 0.05) is 21.7 Å². The van der Waals surface area contributed by atoms with E-state index in [0.29, 0.717) is 5.15 Å². The van der Waals surface area contributed by atoms with Crippen molar-refractivity contribution in [2.75, 3.05) is 0 Å². The van der Waals surface area contributed by atoms with Crippen LogP contribution < -0.4 is 0 Å². The number of hydrogen-bond donors (Lipinski definition) is 0. The van der Waals surface area contributed by atoms with Gasteiger partial charge in [-0.25, -0.2) is 4.98 Å².